The van der Waals surface area contributed by atoms with Gasteiger partial charge in [-0.2, -0.15) is 0 Å². The maximum absolute atomic E-state index is 13.6. The van der Waals surface area contributed by atoms with Crippen LogP contribution in [0.3, 0.4) is 0 Å². The highest BCUT2D eigenvalue weighted by Gasteiger charge is 2.20. The van der Waals surface area contributed by atoms with Crippen LogP contribution in [0.25, 0.3) is 11.3 Å². The van der Waals surface area contributed by atoms with Gasteiger partial charge in [0.15, 0.2) is 5.76 Å². The molecule has 28 heavy (non-hydrogen) atoms. The van der Waals surface area contributed by atoms with Crippen LogP contribution in [-0.4, -0.2) is 48.1 Å². The smallest absolute Gasteiger partial charge is 0.209 e. The fourth-order valence-corrected chi connectivity index (χ4v) is 3.53. The van der Waals surface area contributed by atoms with Crippen molar-refractivity contribution >= 4 is 0 Å². The lowest BCUT2D eigenvalue weighted by Crippen LogP contribution is -2.45. The van der Waals surface area contributed by atoms with Crippen LogP contribution in [0.2, 0.25) is 0 Å². The summed E-state index contributed by atoms with van der Waals surface area (Å²) in [6, 6.07) is 14.7. The molecule has 1 fully saturated rings. The molecule has 0 N–H and O–H groups in total. The average Bonchev–Trinajstić information content (AvgIpc) is 3.19. The van der Waals surface area contributed by atoms with Gasteiger partial charge in [0, 0.05) is 43.9 Å². The molecule has 0 spiro atoms. The Morgan fingerprint density at radius 1 is 1.00 bits per heavy atom. The van der Waals surface area contributed by atoms with Crippen molar-refractivity contribution in [3.63, 3.8) is 0 Å². The second-order valence-electron chi connectivity index (χ2n) is 6.99. The zero-order chi connectivity index (χ0) is 19.3. The van der Waals surface area contributed by atoms with Gasteiger partial charge >= 0.3 is 0 Å². The van der Waals surface area contributed by atoms with Crippen molar-refractivity contribution in [2.45, 2.75) is 13.1 Å². The summed E-state index contributed by atoms with van der Waals surface area (Å²) in [5.41, 5.74) is 1.92. The number of rotatable bonds is 6. The molecule has 2 heterocycles. The first-order chi connectivity index (χ1) is 13.7. The van der Waals surface area contributed by atoms with Crippen molar-refractivity contribution in [2.75, 3.05) is 33.3 Å². The van der Waals surface area contributed by atoms with Gasteiger partial charge in [-0.05, 0) is 18.2 Å². The van der Waals surface area contributed by atoms with Gasteiger partial charge in [-0.1, -0.05) is 30.3 Å². The number of hydrogen-bond donors (Lipinski definition) is 0. The Morgan fingerprint density at radius 2 is 1.71 bits per heavy atom. The van der Waals surface area contributed by atoms with E-state index in [1.54, 1.807) is 25.4 Å². The minimum Gasteiger partial charge on any atom is -0.496 e. The maximum Gasteiger partial charge on any atom is 0.209 e. The first-order valence-corrected chi connectivity index (χ1v) is 9.48. The number of nitrogens with zero attached hydrogens (tertiary/aromatic N) is 3. The molecule has 0 saturated carbocycles. The van der Waals surface area contributed by atoms with Gasteiger partial charge in [-0.25, -0.2) is 9.37 Å². The van der Waals surface area contributed by atoms with E-state index in [0.717, 1.165) is 54.7 Å². The van der Waals surface area contributed by atoms with E-state index in [9.17, 15) is 4.39 Å². The summed E-state index contributed by atoms with van der Waals surface area (Å²) in [5.74, 6) is 2.04. The lowest BCUT2D eigenvalue weighted by molar-refractivity contribution is 0.114. The van der Waals surface area contributed by atoms with E-state index in [2.05, 4.69) is 14.8 Å². The molecule has 0 atom stereocenters. The van der Waals surface area contributed by atoms with E-state index in [1.807, 2.05) is 30.3 Å². The largest absolute Gasteiger partial charge is 0.496 e. The summed E-state index contributed by atoms with van der Waals surface area (Å²) in [6.45, 7) is 5.04. The zero-order valence-electron chi connectivity index (χ0n) is 16.0. The Balaban J connectivity index is 1.31. The zero-order valence-corrected chi connectivity index (χ0v) is 16.0. The lowest BCUT2D eigenvalue weighted by atomic mass is 10.1. The molecule has 1 aliphatic rings. The highest BCUT2D eigenvalue weighted by molar-refractivity contribution is 5.55. The van der Waals surface area contributed by atoms with E-state index in [-0.39, 0.29) is 5.82 Å². The highest BCUT2D eigenvalue weighted by Crippen LogP contribution is 2.23. The molecule has 0 aliphatic carbocycles. The van der Waals surface area contributed by atoms with Gasteiger partial charge in [-0.3, -0.25) is 9.80 Å². The Hall–Kier alpha value is -2.70. The quantitative estimate of drug-likeness (QED) is 0.650. The van der Waals surface area contributed by atoms with Crippen molar-refractivity contribution < 1.29 is 13.5 Å². The van der Waals surface area contributed by atoms with Crippen LogP contribution in [0.15, 0.2) is 59.1 Å². The standard InChI is InChI=1S/C22H24FN3O2/c1-27-20-8-7-19(23)13-18(20)15-25-9-11-26(12-10-25)16-22-24-14-21(28-22)17-5-3-2-4-6-17/h2-8,13-14H,9-12,15-16H2,1H3. The van der Waals surface area contributed by atoms with Crippen LogP contribution >= 0.6 is 0 Å². The van der Waals surface area contributed by atoms with E-state index in [1.165, 1.54) is 6.07 Å². The maximum atomic E-state index is 13.6. The molecular formula is C22H24FN3O2. The van der Waals surface area contributed by atoms with Crippen molar-refractivity contribution in [1.29, 1.82) is 0 Å². The van der Waals surface area contributed by atoms with Crippen molar-refractivity contribution in [3.05, 3.63) is 72.0 Å². The fourth-order valence-electron chi connectivity index (χ4n) is 3.53. The molecule has 1 aliphatic heterocycles. The van der Waals surface area contributed by atoms with Gasteiger partial charge in [0.05, 0.1) is 19.9 Å². The Bertz CT molecular complexity index is 905. The summed E-state index contributed by atoms with van der Waals surface area (Å²) in [5, 5.41) is 0. The molecule has 4 rings (SSSR count). The van der Waals surface area contributed by atoms with Crippen LogP contribution < -0.4 is 4.74 Å². The van der Waals surface area contributed by atoms with Crippen LogP contribution in [0.5, 0.6) is 5.75 Å². The van der Waals surface area contributed by atoms with Crippen molar-refractivity contribution in [1.82, 2.24) is 14.8 Å². The predicted molar refractivity (Wildman–Crippen MR) is 105 cm³/mol. The third kappa shape index (κ3) is 4.40. The highest BCUT2D eigenvalue weighted by atomic mass is 19.1. The van der Waals surface area contributed by atoms with Gasteiger partial charge < -0.3 is 9.15 Å². The average molecular weight is 381 g/mol. The number of halogens is 1. The predicted octanol–water partition coefficient (Wildman–Crippen LogP) is 3.81. The third-order valence-electron chi connectivity index (χ3n) is 5.07. The molecule has 0 radical (unpaired) electrons. The number of hydrogen-bond acceptors (Lipinski definition) is 5. The molecule has 6 heteroatoms. The Morgan fingerprint density at radius 3 is 2.43 bits per heavy atom. The molecular weight excluding hydrogens is 357 g/mol. The number of aromatic nitrogens is 1. The number of ether oxygens (including phenoxy) is 1. The van der Waals surface area contributed by atoms with E-state index in [0.29, 0.717) is 13.1 Å². The van der Waals surface area contributed by atoms with Gasteiger partial charge in [0.1, 0.15) is 11.6 Å². The molecule has 3 aromatic rings. The molecule has 0 unspecified atom stereocenters. The molecule has 0 bridgehead atoms. The molecule has 0 amide bonds. The van der Waals surface area contributed by atoms with E-state index >= 15 is 0 Å². The molecule has 1 saturated heterocycles. The molecule has 1 aromatic heterocycles. The first-order valence-electron chi connectivity index (χ1n) is 9.48. The van der Waals surface area contributed by atoms with Gasteiger partial charge in [0.25, 0.3) is 0 Å². The molecule has 146 valence electrons. The summed E-state index contributed by atoms with van der Waals surface area (Å²) in [7, 11) is 1.62. The Labute approximate surface area is 164 Å². The monoisotopic (exact) mass is 381 g/mol. The van der Waals surface area contributed by atoms with Crippen LogP contribution in [0.1, 0.15) is 11.5 Å². The van der Waals surface area contributed by atoms with Crippen LogP contribution in [0.4, 0.5) is 4.39 Å². The molecule has 5 nitrogen and oxygen atoms in total. The van der Waals surface area contributed by atoms with Gasteiger partial charge in [0.2, 0.25) is 5.89 Å². The van der Waals surface area contributed by atoms with Crippen LogP contribution in [-0.2, 0) is 13.1 Å². The minimum absolute atomic E-state index is 0.229. The van der Waals surface area contributed by atoms with Crippen molar-refractivity contribution in [3.8, 4) is 17.1 Å². The first kappa shape index (κ1) is 18.7. The Kier molecular flexibility index (Phi) is 5.69. The normalized spacial score (nSPS) is 15.6. The summed E-state index contributed by atoms with van der Waals surface area (Å²) in [4.78, 5) is 9.08. The van der Waals surface area contributed by atoms with E-state index in [4.69, 9.17) is 9.15 Å². The van der Waals surface area contributed by atoms with E-state index < -0.39 is 0 Å². The molecule has 2 aromatic carbocycles. The van der Waals surface area contributed by atoms with Gasteiger partial charge in [-0.15, -0.1) is 0 Å². The SMILES string of the molecule is COc1ccc(F)cc1CN1CCN(Cc2ncc(-c3ccccc3)o2)CC1. The lowest BCUT2D eigenvalue weighted by Gasteiger charge is -2.34. The second kappa shape index (κ2) is 8.54. The number of oxazole rings is 1. The summed E-state index contributed by atoms with van der Waals surface area (Å²) in [6.07, 6.45) is 1.79. The van der Waals surface area contributed by atoms with Crippen molar-refractivity contribution in [2.24, 2.45) is 0 Å². The number of piperazine rings is 1. The topological polar surface area (TPSA) is 41.7 Å². The summed E-state index contributed by atoms with van der Waals surface area (Å²) < 4.78 is 24.8. The second-order valence-corrected chi connectivity index (χ2v) is 6.99. The fraction of sp³-hybridized carbons (Fsp3) is 0.318. The van der Waals surface area contributed by atoms with Crippen LogP contribution in [0, 0.1) is 5.82 Å². The minimum atomic E-state index is -0.229. The third-order valence-corrected chi connectivity index (χ3v) is 5.07. The number of benzene rings is 2. The number of methoxy groups -OCH3 is 1. The summed E-state index contributed by atoms with van der Waals surface area (Å²) >= 11 is 0.